The number of ether oxygens (including phenoxy) is 1. The summed E-state index contributed by atoms with van der Waals surface area (Å²) in [6.45, 7) is 7.03. The summed E-state index contributed by atoms with van der Waals surface area (Å²) in [6.07, 6.45) is 2.49. The average molecular weight is 451 g/mol. The lowest BCUT2D eigenvalue weighted by molar-refractivity contribution is 0.473. The smallest absolute Gasteiger partial charge is 0.298 e. The molecular weight excluding hydrogens is 427 g/mol. The van der Waals surface area contributed by atoms with Crippen molar-refractivity contribution in [3.63, 3.8) is 0 Å². The highest BCUT2D eigenvalue weighted by molar-refractivity contribution is 7.07. The van der Waals surface area contributed by atoms with Crippen LogP contribution in [0.4, 0.5) is 5.69 Å². The first-order valence-corrected chi connectivity index (χ1v) is 10.2. The molecule has 154 valence electrons. The number of aromatic nitrogens is 2. The highest BCUT2D eigenvalue weighted by atomic mass is 35.5. The average Bonchev–Trinajstić information content (AvgIpc) is 3.11. The summed E-state index contributed by atoms with van der Waals surface area (Å²) in [6, 6.07) is 11.7. The minimum Gasteiger partial charge on any atom is -0.430 e. The molecule has 1 heterocycles. The number of aliphatic imine (C=N–C) groups is 1. The van der Waals surface area contributed by atoms with E-state index in [1.807, 2.05) is 68.5 Å². The van der Waals surface area contributed by atoms with Crippen molar-refractivity contribution in [2.24, 2.45) is 4.99 Å². The molecule has 0 saturated heterocycles. The molecule has 5 nitrogen and oxygen atoms in total. The van der Waals surface area contributed by atoms with Gasteiger partial charge in [-0.15, -0.1) is 12.4 Å². The van der Waals surface area contributed by atoms with Gasteiger partial charge in [0.2, 0.25) is 0 Å². The number of benzene rings is 2. The quantitative estimate of drug-likeness (QED) is 0.316. The van der Waals surface area contributed by atoms with Gasteiger partial charge in [0, 0.05) is 36.6 Å². The first-order chi connectivity index (χ1) is 13.4. The molecule has 0 spiro atoms. The van der Waals surface area contributed by atoms with Gasteiger partial charge in [-0.2, -0.15) is 9.36 Å². The standard InChI is InChI=1S/C21H23ClN4OS.ClH/c1-5-26(4)13-23-18-10-15(3)19(11-14(18)2)27-21-24-20(25-28-21)12-16-6-8-17(22)9-7-16;/h6-11,13H,5,12H2,1-4H3;1H/b23-13-;. The van der Waals surface area contributed by atoms with Gasteiger partial charge in [-0.25, -0.2) is 4.99 Å². The second kappa shape index (κ2) is 10.6. The van der Waals surface area contributed by atoms with Crippen LogP contribution in [-0.2, 0) is 6.42 Å². The fourth-order valence-electron chi connectivity index (χ4n) is 2.50. The van der Waals surface area contributed by atoms with Crippen LogP contribution < -0.4 is 4.74 Å². The molecule has 0 N–H and O–H groups in total. The molecule has 0 bridgehead atoms. The van der Waals surface area contributed by atoms with Gasteiger partial charge >= 0.3 is 0 Å². The molecule has 0 aliphatic rings. The number of nitrogens with zero attached hydrogens (tertiary/aromatic N) is 4. The van der Waals surface area contributed by atoms with Gasteiger partial charge in [-0.3, -0.25) is 0 Å². The lowest BCUT2D eigenvalue weighted by Crippen LogP contribution is -2.14. The Balaban J connectivity index is 0.00000300. The summed E-state index contributed by atoms with van der Waals surface area (Å²) in [5, 5.41) is 1.26. The topological polar surface area (TPSA) is 50.6 Å². The van der Waals surface area contributed by atoms with Crippen molar-refractivity contribution < 1.29 is 4.74 Å². The van der Waals surface area contributed by atoms with E-state index in [9.17, 15) is 0 Å². The van der Waals surface area contributed by atoms with E-state index in [1.54, 1.807) is 0 Å². The van der Waals surface area contributed by atoms with E-state index in [0.717, 1.165) is 45.5 Å². The van der Waals surface area contributed by atoms with Gasteiger partial charge in [0.1, 0.15) is 5.75 Å². The molecule has 0 fully saturated rings. The van der Waals surface area contributed by atoms with Crippen LogP contribution in [0.25, 0.3) is 0 Å². The van der Waals surface area contributed by atoms with Crippen molar-refractivity contribution in [3.05, 3.63) is 63.9 Å². The molecule has 1 aromatic heterocycles. The van der Waals surface area contributed by atoms with E-state index in [2.05, 4.69) is 21.3 Å². The third-order valence-electron chi connectivity index (χ3n) is 4.31. The Kier molecular flexibility index (Phi) is 8.44. The van der Waals surface area contributed by atoms with Gasteiger partial charge in [-0.1, -0.05) is 23.7 Å². The molecular formula is C21H24Cl2N4OS. The second-order valence-electron chi connectivity index (χ2n) is 6.60. The number of halogens is 2. The van der Waals surface area contributed by atoms with Crippen LogP contribution >= 0.6 is 35.5 Å². The first kappa shape index (κ1) is 23.1. The van der Waals surface area contributed by atoms with Crippen molar-refractivity contribution in [1.82, 2.24) is 14.3 Å². The second-order valence-corrected chi connectivity index (χ2v) is 7.75. The van der Waals surface area contributed by atoms with E-state index in [-0.39, 0.29) is 12.4 Å². The predicted octanol–water partition coefficient (Wildman–Crippen LogP) is 6.22. The highest BCUT2D eigenvalue weighted by Gasteiger charge is 2.11. The maximum atomic E-state index is 5.99. The summed E-state index contributed by atoms with van der Waals surface area (Å²) >= 11 is 7.19. The molecule has 0 aliphatic carbocycles. The Labute approximate surface area is 187 Å². The number of hydrogen-bond donors (Lipinski definition) is 0. The Bertz CT molecular complexity index is 973. The largest absolute Gasteiger partial charge is 0.430 e. The summed E-state index contributed by atoms with van der Waals surface area (Å²) in [7, 11) is 2.00. The summed E-state index contributed by atoms with van der Waals surface area (Å²) in [4.78, 5) is 11.1. The Hall–Kier alpha value is -2.15. The minimum atomic E-state index is 0. The maximum Gasteiger partial charge on any atom is 0.298 e. The SMILES string of the molecule is CCN(C)/C=N\c1cc(C)c(Oc2nc(Cc3ccc(Cl)cc3)ns2)cc1C.Cl. The molecule has 0 saturated carbocycles. The third kappa shape index (κ3) is 6.42. The van der Waals surface area contributed by atoms with Crippen LogP contribution in [0.1, 0.15) is 29.4 Å². The zero-order valence-electron chi connectivity index (χ0n) is 16.8. The molecule has 3 rings (SSSR count). The van der Waals surface area contributed by atoms with Crippen molar-refractivity contribution >= 4 is 47.6 Å². The molecule has 0 radical (unpaired) electrons. The number of aryl methyl sites for hydroxylation is 2. The molecule has 0 amide bonds. The zero-order chi connectivity index (χ0) is 20.1. The molecule has 0 aliphatic heterocycles. The Morgan fingerprint density at radius 1 is 1.17 bits per heavy atom. The van der Waals surface area contributed by atoms with Gasteiger partial charge in [0.05, 0.1) is 12.0 Å². The van der Waals surface area contributed by atoms with Gasteiger partial charge < -0.3 is 9.64 Å². The molecule has 0 unspecified atom stereocenters. The first-order valence-electron chi connectivity index (χ1n) is 9.05. The molecule has 2 aromatic carbocycles. The Morgan fingerprint density at radius 3 is 2.59 bits per heavy atom. The maximum absolute atomic E-state index is 5.99. The highest BCUT2D eigenvalue weighted by Crippen LogP contribution is 2.32. The van der Waals surface area contributed by atoms with Crippen LogP contribution in [0.3, 0.4) is 0 Å². The predicted molar refractivity (Wildman–Crippen MR) is 124 cm³/mol. The van der Waals surface area contributed by atoms with Gasteiger partial charge in [0.25, 0.3) is 5.19 Å². The zero-order valence-corrected chi connectivity index (χ0v) is 19.2. The van der Waals surface area contributed by atoms with Crippen molar-refractivity contribution in [3.8, 4) is 10.9 Å². The fourth-order valence-corrected chi connectivity index (χ4v) is 3.18. The van der Waals surface area contributed by atoms with Crippen LogP contribution in [0.5, 0.6) is 10.9 Å². The summed E-state index contributed by atoms with van der Waals surface area (Å²) in [5.74, 6) is 1.51. The van der Waals surface area contributed by atoms with E-state index >= 15 is 0 Å². The van der Waals surface area contributed by atoms with Crippen molar-refractivity contribution in [2.75, 3.05) is 13.6 Å². The molecule has 29 heavy (non-hydrogen) atoms. The molecule has 0 atom stereocenters. The van der Waals surface area contributed by atoms with E-state index in [0.29, 0.717) is 11.6 Å². The monoisotopic (exact) mass is 450 g/mol. The lowest BCUT2D eigenvalue weighted by Gasteiger charge is -2.11. The Morgan fingerprint density at radius 2 is 1.90 bits per heavy atom. The lowest BCUT2D eigenvalue weighted by atomic mass is 10.1. The number of rotatable bonds is 7. The molecule has 3 aromatic rings. The van der Waals surface area contributed by atoms with Crippen molar-refractivity contribution in [1.29, 1.82) is 0 Å². The van der Waals surface area contributed by atoms with E-state index in [4.69, 9.17) is 16.3 Å². The molecule has 8 heteroatoms. The van der Waals surface area contributed by atoms with Gasteiger partial charge in [-0.05, 0) is 61.7 Å². The number of hydrogen-bond acceptors (Lipinski definition) is 5. The summed E-state index contributed by atoms with van der Waals surface area (Å²) in [5.41, 5.74) is 4.10. The van der Waals surface area contributed by atoms with E-state index < -0.39 is 0 Å². The normalized spacial score (nSPS) is 10.8. The van der Waals surface area contributed by atoms with E-state index in [1.165, 1.54) is 11.5 Å². The van der Waals surface area contributed by atoms with Crippen LogP contribution in [0.15, 0.2) is 41.4 Å². The van der Waals surface area contributed by atoms with Gasteiger partial charge in [0.15, 0.2) is 5.82 Å². The minimum absolute atomic E-state index is 0. The fraction of sp³-hybridized carbons (Fsp3) is 0.286. The summed E-state index contributed by atoms with van der Waals surface area (Å²) < 4.78 is 10.4. The van der Waals surface area contributed by atoms with Crippen LogP contribution in [-0.4, -0.2) is 34.2 Å². The van der Waals surface area contributed by atoms with Crippen molar-refractivity contribution in [2.45, 2.75) is 27.2 Å². The van der Waals surface area contributed by atoms with Crippen LogP contribution in [0.2, 0.25) is 5.02 Å². The van der Waals surface area contributed by atoms with Crippen LogP contribution in [0, 0.1) is 13.8 Å². The third-order valence-corrected chi connectivity index (χ3v) is 5.19.